The Morgan fingerprint density at radius 1 is 1.03 bits per heavy atom. The van der Waals surface area contributed by atoms with Gasteiger partial charge in [0.15, 0.2) is 0 Å². The maximum absolute atomic E-state index is 13.9. The third-order valence-electron chi connectivity index (χ3n) is 7.07. The molecule has 7 nitrogen and oxygen atoms in total. The molecule has 1 N–H and O–H groups in total. The van der Waals surface area contributed by atoms with E-state index in [1.54, 1.807) is 6.33 Å². The molecule has 0 unspecified atom stereocenters. The first-order valence-electron chi connectivity index (χ1n) is 12.2. The fourth-order valence-electron chi connectivity index (χ4n) is 4.85. The summed E-state index contributed by atoms with van der Waals surface area (Å²) in [6, 6.07) is 5.02. The molecule has 2 aliphatic rings. The van der Waals surface area contributed by atoms with E-state index < -0.39 is 17.6 Å². The molecule has 0 radical (unpaired) electrons. The molecule has 2 saturated heterocycles. The molecule has 36 heavy (non-hydrogen) atoms. The number of aromatic nitrogens is 4. The largest absolute Gasteiger partial charge is 0.419 e. The van der Waals surface area contributed by atoms with Gasteiger partial charge in [0.2, 0.25) is 0 Å². The van der Waals surface area contributed by atoms with Crippen molar-refractivity contribution < 1.29 is 17.6 Å². The van der Waals surface area contributed by atoms with Crippen molar-refractivity contribution in [2.75, 3.05) is 50.0 Å². The van der Waals surface area contributed by atoms with E-state index in [9.17, 15) is 17.6 Å². The highest BCUT2D eigenvalue weighted by Crippen LogP contribution is 2.36. The first-order valence-corrected chi connectivity index (χ1v) is 12.2. The molecule has 0 spiro atoms. The molecule has 1 aromatic carbocycles. The average molecular weight is 504 g/mol. The van der Waals surface area contributed by atoms with Crippen molar-refractivity contribution >= 4 is 11.6 Å². The van der Waals surface area contributed by atoms with Gasteiger partial charge in [0.25, 0.3) is 0 Å². The zero-order valence-electron chi connectivity index (χ0n) is 20.1. The Hall–Kier alpha value is -3.21. The first-order chi connectivity index (χ1) is 17.3. The second kappa shape index (κ2) is 10.0. The maximum Gasteiger partial charge on any atom is 0.419 e. The molecule has 2 aliphatic heterocycles. The maximum atomic E-state index is 13.9. The Morgan fingerprint density at radius 3 is 2.47 bits per heavy atom. The van der Waals surface area contributed by atoms with Gasteiger partial charge in [-0.25, -0.2) is 19.3 Å². The molecule has 5 rings (SSSR count). The van der Waals surface area contributed by atoms with Crippen LogP contribution >= 0.6 is 0 Å². The second-order valence-corrected chi connectivity index (χ2v) is 9.34. The number of imidazole rings is 1. The van der Waals surface area contributed by atoms with Crippen molar-refractivity contribution in [2.45, 2.75) is 37.9 Å². The van der Waals surface area contributed by atoms with Gasteiger partial charge in [-0.2, -0.15) is 13.2 Å². The Kier molecular flexibility index (Phi) is 6.83. The van der Waals surface area contributed by atoms with Gasteiger partial charge >= 0.3 is 6.18 Å². The Morgan fingerprint density at radius 2 is 1.81 bits per heavy atom. The molecule has 3 aromatic rings. The van der Waals surface area contributed by atoms with Crippen LogP contribution in [0.3, 0.4) is 0 Å². The lowest BCUT2D eigenvalue weighted by molar-refractivity contribution is -0.139. The molecule has 0 saturated carbocycles. The fraction of sp³-hybridized carbons (Fsp3) is 0.480. The fourth-order valence-corrected chi connectivity index (χ4v) is 4.85. The van der Waals surface area contributed by atoms with Gasteiger partial charge in [-0.05, 0) is 50.6 Å². The smallest absolute Gasteiger partial charge is 0.373 e. The second-order valence-electron chi connectivity index (χ2n) is 9.34. The molecule has 11 heteroatoms. The molecule has 2 fully saturated rings. The van der Waals surface area contributed by atoms with Crippen LogP contribution in [0, 0.1) is 5.82 Å². The van der Waals surface area contributed by atoms with Gasteiger partial charge in [-0.3, -0.25) is 0 Å². The summed E-state index contributed by atoms with van der Waals surface area (Å²) in [5.74, 6) is 1.38. The number of nitrogens with one attached hydrogen (secondary N) is 1. The average Bonchev–Trinajstić information content (AvgIpc) is 3.27. The highest BCUT2D eigenvalue weighted by molar-refractivity contribution is 5.60. The van der Waals surface area contributed by atoms with Crippen LogP contribution in [0.15, 0.2) is 36.8 Å². The molecule has 2 aromatic heterocycles. The molecule has 4 heterocycles. The number of benzene rings is 1. The Bertz CT molecular complexity index is 1200. The molecular formula is C25H29F4N7. The van der Waals surface area contributed by atoms with Crippen molar-refractivity contribution in [1.82, 2.24) is 24.4 Å². The number of anilines is 2. The molecule has 0 bridgehead atoms. The van der Waals surface area contributed by atoms with E-state index in [0.29, 0.717) is 12.2 Å². The summed E-state index contributed by atoms with van der Waals surface area (Å²) in [5.41, 5.74) is -0.558. The summed E-state index contributed by atoms with van der Waals surface area (Å²) >= 11 is 0. The van der Waals surface area contributed by atoms with Crippen molar-refractivity contribution in [3.8, 4) is 11.3 Å². The van der Waals surface area contributed by atoms with Crippen molar-refractivity contribution in [3.63, 3.8) is 0 Å². The van der Waals surface area contributed by atoms with Crippen LogP contribution < -0.4 is 10.2 Å². The normalized spacial score (nSPS) is 17.3. The van der Waals surface area contributed by atoms with E-state index >= 15 is 0 Å². The lowest BCUT2D eigenvalue weighted by Crippen LogP contribution is -2.39. The monoisotopic (exact) mass is 503 g/mol. The SMILES string of the molecule is CNc1cc(N2CCC(c3nc(-c4ccc(F)c(C(F)(F)F)c4)cn3CCN3CCC3)CC2)ncn1. The minimum Gasteiger partial charge on any atom is -0.373 e. The zero-order chi connectivity index (χ0) is 25.3. The van der Waals surface area contributed by atoms with E-state index in [1.807, 2.05) is 19.3 Å². The highest BCUT2D eigenvalue weighted by Gasteiger charge is 2.35. The van der Waals surface area contributed by atoms with Crippen molar-refractivity contribution in [1.29, 1.82) is 0 Å². The summed E-state index contributed by atoms with van der Waals surface area (Å²) in [7, 11) is 1.81. The van der Waals surface area contributed by atoms with Crippen LogP contribution in [0.25, 0.3) is 11.3 Å². The minimum absolute atomic E-state index is 0.166. The van der Waals surface area contributed by atoms with Gasteiger partial charge < -0.3 is 19.7 Å². The van der Waals surface area contributed by atoms with Gasteiger partial charge in [0, 0.05) is 57.0 Å². The van der Waals surface area contributed by atoms with E-state index in [4.69, 9.17) is 4.98 Å². The number of piperidine rings is 1. The topological polar surface area (TPSA) is 62.1 Å². The van der Waals surface area contributed by atoms with Crippen molar-refractivity contribution in [2.24, 2.45) is 0 Å². The molecule has 0 amide bonds. The van der Waals surface area contributed by atoms with E-state index in [2.05, 4.69) is 29.7 Å². The van der Waals surface area contributed by atoms with E-state index in [-0.39, 0.29) is 11.5 Å². The van der Waals surface area contributed by atoms with Gasteiger partial charge in [-0.1, -0.05) is 0 Å². The molecule has 0 atom stereocenters. The number of alkyl halides is 3. The summed E-state index contributed by atoms with van der Waals surface area (Å²) in [6.07, 6.45) is 1.48. The van der Waals surface area contributed by atoms with Crippen LogP contribution in [0.4, 0.5) is 29.2 Å². The Labute approximate surface area is 207 Å². The summed E-state index contributed by atoms with van der Waals surface area (Å²) in [6.45, 7) is 5.28. The third kappa shape index (κ3) is 5.16. The highest BCUT2D eigenvalue weighted by atomic mass is 19.4. The lowest BCUT2D eigenvalue weighted by atomic mass is 9.96. The number of halogens is 4. The van der Waals surface area contributed by atoms with Crippen molar-refractivity contribution in [3.05, 3.63) is 54.0 Å². The molecule has 0 aliphatic carbocycles. The molecule has 192 valence electrons. The van der Waals surface area contributed by atoms with Crippen LogP contribution in [0.1, 0.15) is 36.6 Å². The third-order valence-corrected chi connectivity index (χ3v) is 7.07. The number of hydrogen-bond donors (Lipinski definition) is 1. The van der Waals surface area contributed by atoms with Gasteiger partial charge in [-0.15, -0.1) is 0 Å². The summed E-state index contributed by atoms with van der Waals surface area (Å²) in [4.78, 5) is 17.9. The summed E-state index contributed by atoms with van der Waals surface area (Å²) < 4.78 is 55.9. The number of hydrogen-bond acceptors (Lipinski definition) is 6. The number of likely N-dealkylation sites (tertiary alicyclic amines) is 1. The number of rotatable bonds is 7. The van der Waals surface area contributed by atoms with E-state index in [1.165, 1.54) is 12.5 Å². The van der Waals surface area contributed by atoms with Gasteiger partial charge in [0.1, 0.15) is 29.6 Å². The van der Waals surface area contributed by atoms with Crippen LogP contribution in [-0.4, -0.2) is 64.2 Å². The van der Waals surface area contributed by atoms with Crippen LogP contribution in [0.5, 0.6) is 0 Å². The Balaban J connectivity index is 1.38. The van der Waals surface area contributed by atoms with Crippen LogP contribution in [0.2, 0.25) is 0 Å². The quantitative estimate of drug-likeness (QED) is 0.475. The predicted octanol–water partition coefficient (Wildman–Crippen LogP) is 4.63. The van der Waals surface area contributed by atoms with E-state index in [0.717, 1.165) is 75.2 Å². The first kappa shape index (κ1) is 24.5. The zero-order valence-corrected chi connectivity index (χ0v) is 20.1. The standard InChI is InChI=1S/C25H29F4N7/c1-30-22-14-23(32-16-31-22)35-9-5-17(6-10-35)24-33-21(15-36(24)12-11-34-7-2-8-34)18-3-4-20(26)19(13-18)25(27,28)29/h3-4,13-17H,2,5-12H2,1H3,(H,30,31,32). The lowest BCUT2D eigenvalue weighted by Gasteiger charge is -2.33. The van der Waals surface area contributed by atoms with Crippen LogP contribution in [-0.2, 0) is 12.7 Å². The molecular weight excluding hydrogens is 474 g/mol. The predicted molar refractivity (Wildman–Crippen MR) is 129 cm³/mol. The van der Waals surface area contributed by atoms with Gasteiger partial charge in [0.05, 0.1) is 11.3 Å². The summed E-state index contributed by atoms with van der Waals surface area (Å²) in [5, 5.41) is 3.03. The number of nitrogens with zero attached hydrogens (tertiary/aromatic N) is 6. The minimum atomic E-state index is -4.76.